The van der Waals surface area contributed by atoms with Gasteiger partial charge in [0.25, 0.3) is 0 Å². The van der Waals surface area contributed by atoms with E-state index in [2.05, 4.69) is 151 Å². The van der Waals surface area contributed by atoms with E-state index in [0.29, 0.717) is 5.92 Å². The van der Waals surface area contributed by atoms with Gasteiger partial charge in [0.05, 0.1) is 0 Å². The van der Waals surface area contributed by atoms with Crippen molar-refractivity contribution in [2.24, 2.45) is 5.92 Å². The lowest BCUT2D eigenvalue weighted by Crippen LogP contribution is -2.02. The Balaban J connectivity index is 1.50. The van der Waals surface area contributed by atoms with Gasteiger partial charge in [0.1, 0.15) is 0 Å². The van der Waals surface area contributed by atoms with Crippen LogP contribution in [0.1, 0.15) is 25.8 Å². The molecule has 0 aliphatic heterocycles. The zero-order valence-corrected chi connectivity index (χ0v) is 24.8. The van der Waals surface area contributed by atoms with Crippen LogP contribution in [-0.2, 0) is 0 Å². The van der Waals surface area contributed by atoms with E-state index in [9.17, 15) is 0 Å². The lowest BCUT2D eigenvalue weighted by molar-refractivity contribution is 0.742. The molecule has 0 saturated carbocycles. The van der Waals surface area contributed by atoms with Crippen LogP contribution >= 0.6 is 15.9 Å². The van der Waals surface area contributed by atoms with Gasteiger partial charge in [-0.1, -0.05) is 128 Å². The minimum atomic E-state index is 0.536. The Morgan fingerprint density at radius 3 is 1.83 bits per heavy atom. The lowest BCUT2D eigenvalue weighted by atomic mass is 9.80. The molecule has 1 aliphatic carbocycles. The summed E-state index contributed by atoms with van der Waals surface area (Å²) in [6.07, 6.45) is 5.86. The molecule has 0 bridgehead atoms. The Morgan fingerprint density at radius 1 is 0.561 bits per heavy atom. The molecule has 41 heavy (non-hydrogen) atoms. The van der Waals surface area contributed by atoms with Crippen LogP contribution in [0.25, 0.3) is 70.6 Å². The Labute approximate surface area is 248 Å². The smallest absolute Gasteiger partial charge is 0.0332 e. The molecule has 1 unspecified atom stereocenters. The first-order valence-electron chi connectivity index (χ1n) is 14.4. The molecule has 1 heteroatoms. The topological polar surface area (TPSA) is 0 Å². The van der Waals surface area contributed by atoms with E-state index in [4.69, 9.17) is 0 Å². The third-order valence-corrected chi connectivity index (χ3v) is 9.70. The molecule has 0 heterocycles. The van der Waals surface area contributed by atoms with Crippen LogP contribution in [0.3, 0.4) is 0 Å². The van der Waals surface area contributed by atoms with E-state index in [1.54, 1.807) is 0 Å². The molecule has 0 spiro atoms. The molecule has 0 N–H and O–H groups in total. The van der Waals surface area contributed by atoms with Crippen molar-refractivity contribution in [3.8, 4) is 11.1 Å². The molecule has 8 rings (SSSR count). The van der Waals surface area contributed by atoms with Gasteiger partial charge in [-0.15, -0.1) is 0 Å². The van der Waals surface area contributed by atoms with Gasteiger partial charge in [-0.2, -0.15) is 0 Å². The number of allylic oxidation sites excluding steroid dienone is 4. The predicted octanol–water partition coefficient (Wildman–Crippen LogP) is 12.3. The summed E-state index contributed by atoms with van der Waals surface area (Å²) in [5.41, 5.74) is 6.80. The van der Waals surface area contributed by atoms with Crippen LogP contribution in [0.15, 0.2) is 131 Å². The number of benzene rings is 7. The van der Waals surface area contributed by atoms with E-state index in [1.807, 2.05) is 0 Å². The van der Waals surface area contributed by atoms with Crippen LogP contribution < -0.4 is 0 Å². The van der Waals surface area contributed by atoms with E-state index in [-0.39, 0.29) is 0 Å². The average Bonchev–Trinajstić information content (AvgIpc) is 2.99. The fraction of sp³-hybridized carbons (Fsp3) is 0.100. The molecule has 0 nitrogen and oxygen atoms in total. The molecule has 0 aromatic heterocycles. The van der Waals surface area contributed by atoms with Gasteiger partial charge in [-0.3, -0.25) is 0 Å². The van der Waals surface area contributed by atoms with Gasteiger partial charge in [-0.05, 0) is 117 Å². The van der Waals surface area contributed by atoms with Crippen molar-refractivity contribution >= 4 is 75.4 Å². The van der Waals surface area contributed by atoms with E-state index in [1.165, 1.54) is 81.7 Å². The monoisotopic (exact) mass is 588 g/mol. The van der Waals surface area contributed by atoms with Crippen molar-refractivity contribution in [3.05, 3.63) is 137 Å². The second-order valence-electron chi connectivity index (χ2n) is 11.6. The van der Waals surface area contributed by atoms with Crippen molar-refractivity contribution in [1.82, 2.24) is 0 Å². The van der Waals surface area contributed by atoms with Gasteiger partial charge in [0, 0.05) is 4.47 Å². The summed E-state index contributed by atoms with van der Waals surface area (Å²) in [5.74, 6) is 0.536. The number of fused-ring (bicyclic) bond motifs is 6. The van der Waals surface area contributed by atoms with Crippen molar-refractivity contribution in [3.63, 3.8) is 0 Å². The van der Waals surface area contributed by atoms with Gasteiger partial charge in [-0.25, -0.2) is 0 Å². The molecule has 1 atom stereocenters. The highest BCUT2D eigenvalue weighted by molar-refractivity contribution is 9.10. The average molecular weight is 590 g/mol. The molecular formula is C40H29Br. The molecule has 7 aromatic carbocycles. The summed E-state index contributed by atoms with van der Waals surface area (Å²) < 4.78 is 1.16. The maximum absolute atomic E-state index is 3.94. The third-order valence-electron chi connectivity index (χ3n) is 8.85. The quantitative estimate of drug-likeness (QED) is 0.139. The molecule has 0 amide bonds. The zero-order chi connectivity index (χ0) is 27.7. The molecule has 0 radical (unpaired) electrons. The SMILES string of the molecule is CC1=CC(C)CC(c2c3ccccc3c(-c3cccc4c3ccc3c(Br)c5ccccc5cc34)c3ccccc23)=C1. The third kappa shape index (κ3) is 3.80. The maximum atomic E-state index is 3.94. The minimum absolute atomic E-state index is 0.536. The molecule has 0 saturated heterocycles. The van der Waals surface area contributed by atoms with Gasteiger partial charge in [0.2, 0.25) is 0 Å². The summed E-state index contributed by atoms with van der Waals surface area (Å²) in [5, 5.41) is 12.9. The Morgan fingerprint density at radius 2 is 1.15 bits per heavy atom. The lowest BCUT2D eigenvalue weighted by Gasteiger charge is -2.23. The van der Waals surface area contributed by atoms with Crippen LogP contribution in [-0.4, -0.2) is 0 Å². The first-order valence-corrected chi connectivity index (χ1v) is 15.2. The summed E-state index contributed by atoms with van der Waals surface area (Å²) in [6.45, 7) is 4.56. The highest BCUT2D eigenvalue weighted by Crippen LogP contribution is 2.47. The number of hydrogen-bond acceptors (Lipinski definition) is 0. The van der Waals surface area contributed by atoms with E-state index in [0.717, 1.165) is 10.9 Å². The molecular weight excluding hydrogens is 560 g/mol. The highest BCUT2D eigenvalue weighted by Gasteiger charge is 2.21. The van der Waals surface area contributed by atoms with E-state index >= 15 is 0 Å². The Bertz CT molecular complexity index is 2210. The fourth-order valence-electron chi connectivity index (χ4n) is 7.24. The normalized spacial score (nSPS) is 15.6. The molecule has 7 aromatic rings. The van der Waals surface area contributed by atoms with E-state index < -0.39 is 0 Å². The minimum Gasteiger partial charge on any atom is -0.0784 e. The maximum Gasteiger partial charge on any atom is 0.0332 e. The van der Waals surface area contributed by atoms with Crippen molar-refractivity contribution in [2.45, 2.75) is 20.3 Å². The van der Waals surface area contributed by atoms with Crippen molar-refractivity contribution < 1.29 is 0 Å². The largest absolute Gasteiger partial charge is 0.0784 e. The first kappa shape index (κ1) is 24.6. The summed E-state index contributed by atoms with van der Waals surface area (Å²) in [4.78, 5) is 0. The number of hydrogen-bond donors (Lipinski definition) is 0. The van der Waals surface area contributed by atoms with Crippen LogP contribution in [0, 0.1) is 5.92 Å². The molecule has 0 fully saturated rings. The second kappa shape index (κ2) is 9.43. The second-order valence-corrected chi connectivity index (χ2v) is 12.4. The van der Waals surface area contributed by atoms with Crippen molar-refractivity contribution in [2.75, 3.05) is 0 Å². The van der Waals surface area contributed by atoms with Gasteiger partial charge < -0.3 is 0 Å². The molecule has 1 aliphatic rings. The standard InChI is InChI=1S/C40H29Br/c1-24-20-25(2)22-27(21-24)38-32-12-5-7-14-34(32)39(35-15-8-6-13-33(35)38)31-17-9-16-29-30(31)18-19-36-37(29)23-26-10-3-4-11-28(26)40(36)41/h3-21,23,25H,22H2,1-2H3. The van der Waals surface area contributed by atoms with Crippen LogP contribution in [0.4, 0.5) is 0 Å². The summed E-state index contributed by atoms with van der Waals surface area (Å²) >= 11 is 3.94. The molecule has 196 valence electrons. The van der Waals surface area contributed by atoms with Gasteiger partial charge in [0.15, 0.2) is 0 Å². The summed E-state index contributed by atoms with van der Waals surface area (Å²) in [6, 6.07) is 40.5. The first-order chi connectivity index (χ1) is 20.1. The Hall–Kier alpha value is -4.20. The van der Waals surface area contributed by atoms with Crippen LogP contribution in [0.2, 0.25) is 0 Å². The highest BCUT2D eigenvalue weighted by atomic mass is 79.9. The predicted molar refractivity (Wildman–Crippen MR) is 183 cm³/mol. The van der Waals surface area contributed by atoms with Gasteiger partial charge >= 0.3 is 0 Å². The van der Waals surface area contributed by atoms with Crippen LogP contribution in [0.5, 0.6) is 0 Å². The fourth-order valence-corrected chi connectivity index (χ4v) is 7.95. The Kier molecular flexibility index (Phi) is 5.66. The number of halogens is 1. The zero-order valence-electron chi connectivity index (χ0n) is 23.2. The summed E-state index contributed by atoms with van der Waals surface area (Å²) in [7, 11) is 0. The van der Waals surface area contributed by atoms with Crippen molar-refractivity contribution in [1.29, 1.82) is 0 Å². The number of rotatable bonds is 2.